The molecule has 1 aromatic rings. The van der Waals surface area contributed by atoms with Crippen LogP contribution in [0.3, 0.4) is 0 Å². The summed E-state index contributed by atoms with van der Waals surface area (Å²) in [5, 5.41) is 2.99. The van der Waals surface area contributed by atoms with Crippen molar-refractivity contribution in [2.45, 2.75) is 39.0 Å². The molecule has 2 heterocycles. The lowest BCUT2D eigenvalue weighted by Crippen LogP contribution is -2.40. The summed E-state index contributed by atoms with van der Waals surface area (Å²) in [5.41, 5.74) is 2.04. The molecule has 4 rings (SSSR count). The minimum atomic E-state index is -0.155. The molecule has 1 N–H and O–H groups in total. The average molecular weight is 355 g/mol. The first-order valence-corrected chi connectivity index (χ1v) is 10.1. The van der Waals surface area contributed by atoms with Gasteiger partial charge in [0.15, 0.2) is 0 Å². The molecule has 3 aliphatic rings. The molecule has 5 heteroatoms. The maximum Gasteiger partial charge on any atom is 0.228 e. The van der Waals surface area contributed by atoms with Gasteiger partial charge in [-0.3, -0.25) is 9.59 Å². The van der Waals surface area contributed by atoms with E-state index >= 15 is 0 Å². The Morgan fingerprint density at radius 3 is 2.42 bits per heavy atom. The van der Waals surface area contributed by atoms with Crippen molar-refractivity contribution in [1.82, 2.24) is 4.90 Å². The summed E-state index contributed by atoms with van der Waals surface area (Å²) in [6.45, 7) is 6.13. The first kappa shape index (κ1) is 17.4. The summed E-state index contributed by atoms with van der Waals surface area (Å²) in [7, 11) is 0. The van der Waals surface area contributed by atoms with Gasteiger partial charge >= 0.3 is 0 Å². The highest BCUT2D eigenvalue weighted by Gasteiger charge is 2.49. The van der Waals surface area contributed by atoms with Crippen molar-refractivity contribution in [3.63, 3.8) is 0 Å². The minimum absolute atomic E-state index is 0.0117. The van der Waals surface area contributed by atoms with Gasteiger partial charge in [-0.1, -0.05) is 6.92 Å². The first-order chi connectivity index (χ1) is 12.6. The summed E-state index contributed by atoms with van der Waals surface area (Å²) < 4.78 is 0. The van der Waals surface area contributed by atoms with Crippen molar-refractivity contribution in [3.05, 3.63) is 24.3 Å². The van der Waals surface area contributed by atoms with Crippen LogP contribution < -0.4 is 10.2 Å². The Morgan fingerprint density at radius 1 is 1.00 bits per heavy atom. The van der Waals surface area contributed by atoms with Crippen LogP contribution in [0.25, 0.3) is 0 Å². The Bertz CT molecular complexity index is 666. The monoisotopic (exact) mass is 355 g/mol. The van der Waals surface area contributed by atoms with E-state index in [1.54, 1.807) is 0 Å². The van der Waals surface area contributed by atoms with Crippen LogP contribution in [0.1, 0.15) is 39.0 Å². The molecule has 2 aliphatic heterocycles. The van der Waals surface area contributed by atoms with Gasteiger partial charge in [0.1, 0.15) is 0 Å². The van der Waals surface area contributed by atoms with Crippen LogP contribution in [0.15, 0.2) is 24.3 Å². The number of hydrogen-bond acceptors (Lipinski definition) is 3. The Morgan fingerprint density at radius 2 is 1.73 bits per heavy atom. The van der Waals surface area contributed by atoms with Crippen molar-refractivity contribution in [1.29, 1.82) is 0 Å². The second-order valence-electron chi connectivity index (χ2n) is 8.21. The molecule has 1 aromatic carbocycles. The van der Waals surface area contributed by atoms with Gasteiger partial charge in [-0.2, -0.15) is 0 Å². The first-order valence-electron chi connectivity index (χ1n) is 10.1. The van der Waals surface area contributed by atoms with Gasteiger partial charge in [-0.15, -0.1) is 0 Å². The number of nitrogens with one attached hydrogen (secondary N) is 1. The highest BCUT2D eigenvalue weighted by molar-refractivity contribution is 5.99. The van der Waals surface area contributed by atoms with Crippen molar-refractivity contribution in [3.8, 4) is 0 Å². The molecule has 26 heavy (non-hydrogen) atoms. The van der Waals surface area contributed by atoms with E-state index in [-0.39, 0.29) is 23.7 Å². The fraction of sp³-hybridized carbons (Fsp3) is 0.619. The highest BCUT2D eigenvalue weighted by Crippen LogP contribution is 2.41. The minimum Gasteiger partial charge on any atom is -0.372 e. The Hall–Kier alpha value is -2.04. The third kappa shape index (κ3) is 3.71. The summed E-state index contributed by atoms with van der Waals surface area (Å²) in [5.74, 6) is 0.485. The molecule has 5 nitrogen and oxygen atoms in total. The fourth-order valence-electron chi connectivity index (χ4n) is 4.35. The molecule has 1 saturated carbocycles. The lowest BCUT2D eigenvalue weighted by Gasteiger charge is -2.31. The summed E-state index contributed by atoms with van der Waals surface area (Å²) in [4.78, 5) is 29.4. The zero-order valence-corrected chi connectivity index (χ0v) is 15.6. The quantitative estimate of drug-likeness (QED) is 0.903. The molecular weight excluding hydrogens is 326 g/mol. The van der Waals surface area contributed by atoms with Crippen LogP contribution in [0.5, 0.6) is 0 Å². The van der Waals surface area contributed by atoms with Crippen LogP contribution in [0.2, 0.25) is 0 Å². The van der Waals surface area contributed by atoms with Gasteiger partial charge in [-0.05, 0) is 62.3 Å². The van der Waals surface area contributed by atoms with Gasteiger partial charge < -0.3 is 15.1 Å². The lowest BCUT2D eigenvalue weighted by molar-refractivity contribution is -0.135. The average Bonchev–Trinajstić information content (AvgIpc) is 3.27. The second-order valence-corrected chi connectivity index (χ2v) is 8.21. The summed E-state index contributed by atoms with van der Waals surface area (Å²) in [6, 6.07) is 8.09. The number of anilines is 2. The molecular formula is C21H29N3O2. The molecule has 3 atom stereocenters. The summed E-state index contributed by atoms with van der Waals surface area (Å²) in [6.07, 6.45) is 5.49. The number of nitrogens with zero attached hydrogens (tertiary/aromatic N) is 2. The molecule has 3 fully saturated rings. The zero-order chi connectivity index (χ0) is 18.1. The largest absolute Gasteiger partial charge is 0.372 e. The Balaban J connectivity index is 1.29. The van der Waals surface area contributed by atoms with Gasteiger partial charge in [0.05, 0.1) is 11.8 Å². The van der Waals surface area contributed by atoms with Crippen LogP contribution in [-0.2, 0) is 9.59 Å². The third-order valence-corrected chi connectivity index (χ3v) is 6.02. The fourth-order valence-corrected chi connectivity index (χ4v) is 4.35. The van der Waals surface area contributed by atoms with E-state index in [1.807, 2.05) is 17.0 Å². The second kappa shape index (κ2) is 7.29. The molecule has 1 aliphatic carbocycles. The Kier molecular flexibility index (Phi) is 4.88. The third-order valence-electron chi connectivity index (χ3n) is 6.02. The van der Waals surface area contributed by atoms with Crippen molar-refractivity contribution in [2.75, 3.05) is 36.4 Å². The number of carbonyl (C=O) groups is 2. The smallest absolute Gasteiger partial charge is 0.228 e. The maximum absolute atomic E-state index is 12.6. The van der Waals surface area contributed by atoms with E-state index in [1.165, 1.54) is 24.9 Å². The predicted molar refractivity (Wildman–Crippen MR) is 103 cm³/mol. The molecule has 2 amide bonds. The highest BCUT2D eigenvalue weighted by atomic mass is 16.2. The van der Waals surface area contributed by atoms with Crippen LogP contribution in [0, 0.1) is 17.8 Å². The normalized spacial score (nSPS) is 28.1. The van der Waals surface area contributed by atoms with E-state index in [0.717, 1.165) is 38.3 Å². The van der Waals surface area contributed by atoms with E-state index < -0.39 is 0 Å². The topological polar surface area (TPSA) is 52.7 Å². The van der Waals surface area contributed by atoms with Gasteiger partial charge in [0.2, 0.25) is 11.8 Å². The SMILES string of the molecule is CC1CCCN(C(=O)C2CC2C(=O)Nc2ccc(N3CCCC3)cc2)C1. The summed E-state index contributed by atoms with van der Waals surface area (Å²) >= 11 is 0. The number of amides is 2. The molecule has 0 bridgehead atoms. The van der Waals surface area contributed by atoms with E-state index in [0.29, 0.717) is 12.3 Å². The number of carbonyl (C=O) groups excluding carboxylic acids is 2. The van der Waals surface area contributed by atoms with Crippen LogP contribution in [-0.4, -0.2) is 42.9 Å². The van der Waals surface area contributed by atoms with E-state index in [4.69, 9.17) is 0 Å². The van der Waals surface area contributed by atoms with Gasteiger partial charge in [-0.25, -0.2) is 0 Å². The van der Waals surface area contributed by atoms with E-state index in [2.05, 4.69) is 29.3 Å². The molecule has 2 saturated heterocycles. The number of hydrogen-bond donors (Lipinski definition) is 1. The Labute approximate surface area is 155 Å². The number of likely N-dealkylation sites (tertiary alicyclic amines) is 1. The predicted octanol–water partition coefficient (Wildman–Crippen LogP) is 3.12. The van der Waals surface area contributed by atoms with Gasteiger partial charge in [0, 0.05) is 37.6 Å². The maximum atomic E-state index is 12.6. The molecule has 3 unspecified atom stereocenters. The van der Waals surface area contributed by atoms with E-state index in [9.17, 15) is 9.59 Å². The molecule has 0 spiro atoms. The lowest BCUT2D eigenvalue weighted by atomic mass is 10.00. The number of rotatable bonds is 4. The molecule has 0 aromatic heterocycles. The van der Waals surface area contributed by atoms with Gasteiger partial charge in [0.25, 0.3) is 0 Å². The van der Waals surface area contributed by atoms with Crippen LogP contribution >= 0.6 is 0 Å². The number of piperidine rings is 1. The molecule has 140 valence electrons. The van der Waals surface area contributed by atoms with Crippen molar-refractivity contribution < 1.29 is 9.59 Å². The molecule has 0 radical (unpaired) electrons. The zero-order valence-electron chi connectivity index (χ0n) is 15.6. The van der Waals surface area contributed by atoms with Crippen molar-refractivity contribution in [2.24, 2.45) is 17.8 Å². The number of benzene rings is 1. The standard InChI is InChI=1S/C21H29N3O2/c1-15-5-4-12-24(14-15)21(26)19-13-18(19)20(25)22-16-6-8-17(9-7-16)23-10-2-3-11-23/h6-9,15,18-19H,2-5,10-14H2,1H3,(H,22,25). The van der Waals surface area contributed by atoms with Crippen molar-refractivity contribution >= 4 is 23.2 Å². The van der Waals surface area contributed by atoms with Crippen LogP contribution in [0.4, 0.5) is 11.4 Å².